The molecule has 150 valence electrons. The smallest absolute Gasteiger partial charge is 0.251 e. The first-order valence-corrected chi connectivity index (χ1v) is 9.45. The van der Waals surface area contributed by atoms with Crippen LogP contribution in [0.25, 0.3) is 0 Å². The van der Waals surface area contributed by atoms with Gasteiger partial charge in [-0.25, -0.2) is 0 Å². The number of para-hydroxylation sites is 1. The number of hydrogen-bond donors (Lipinski definition) is 1. The third kappa shape index (κ3) is 5.75. The largest absolute Gasteiger partial charge is 0.497 e. The van der Waals surface area contributed by atoms with Crippen LogP contribution in [-0.2, 0) is 13.0 Å². The van der Waals surface area contributed by atoms with Crippen molar-refractivity contribution in [3.8, 4) is 17.2 Å². The molecule has 0 atom stereocenters. The minimum atomic E-state index is -0.109. The van der Waals surface area contributed by atoms with Gasteiger partial charge in [0.05, 0.1) is 14.2 Å². The molecule has 29 heavy (non-hydrogen) atoms. The third-order valence-corrected chi connectivity index (χ3v) is 4.53. The Hall–Kier alpha value is -3.47. The van der Waals surface area contributed by atoms with Crippen molar-refractivity contribution in [3.63, 3.8) is 0 Å². The second-order valence-corrected chi connectivity index (χ2v) is 6.48. The second-order valence-electron chi connectivity index (χ2n) is 6.48. The Kier molecular flexibility index (Phi) is 7.11. The van der Waals surface area contributed by atoms with Gasteiger partial charge in [-0.3, -0.25) is 4.79 Å². The van der Waals surface area contributed by atoms with Gasteiger partial charge in [0.2, 0.25) is 0 Å². The highest BCUT2D eigenvalue weighted by atomic mass is 16.5. The number of carbonyl (C=O) groups excluding carboxylic acids is 1. The van der Waals surface area contributed by atoms with Crippen molar-refractivity contribution in [1.29, 1.82) is 0 Å². The van der Waals surface area contributed by atoms with E-state index in [1.165, 1.54) is 0 Å². The first-order valence-electron chi connectivity index (χ1n) is 9.45. The summed E-state index contributed by atoms with van der Waals surface area (Å²) in [5, 5.41) is 2.95. The van der Waals surface area contributed by atoms with Crippen molar-refractivity contribution in [2.75, 3.05) is 20.8 Å². The number of rotatable bonds is 9. The highest BCUT2D eigenvalue weighted by Crippen LogP contribution is 2.24. The van der Waals surface area contributed by atoms with E-state index in [4.69, 9.17) is 14.2 Å². The first kappa shape index (κ1) is 20.3. The van der Waals surface area contributed by atoms with Gasteiger partial charge in [0.25, 0.3) is 5.91 Å². The molecule has 0 bridgehead atoms. The lowest BCUT2D eigenvalue weighted by Gasteiger charge is -2.11. The van der Waals surface area contributed by atoms with Crippen LogP contribution < -0.4 is 19.5 Å². The molecule has 0 heterocycles. The third-order valence-electron chi connectivity index (χ3n) is 4.53. The van der Waals surface area contributed by atoms with Crippen LogP contribution in [0.1, 0.15) is 21.5 Å². The van der Waals surface area contributed by atoms with Crippen LogP contribution in [0.15, 0.2) is 72.8 Å². The van der Waals surface area contributed by atoms with E-state index in [0.717, 1.165) is 28.4 Å². The van der Waals surface area contributed by atoms with E-state index in [2.05, 4.69) is 5.32 Å². The Morgan fingerprint density at radius 3 is 2.31 bits per heavy atom. The monoisotopic (exact) mass is 391 g/mol. The van der Waals surface area contributed by atoms with Crippen molar-refractivity contribution in [1.82, 2.24) is 5.32 Å². The molecule has 0 unspecified atom stereocenters. The van der Waals surface area contributed by atoms with Gasteiger partial charge in [-0.1, -0.05) is 30.3 Å². The number of ether oxygens (including phenoxy) is 3. The van der Waals surface area contributed by atoms with Gasteiger partial charge in [0.1, 0.15) is 23.9 Å². The van der Waals surface area contributed by atoms with E-state index in [9.17, 15) is 4.79 Å². The zero-order valence-corrected chi connectivity index (χ0v) is 16.7. The van der Waals surface area contributed by atoms with Crippen molar-refractivity contribution in [2.24, 2.45) is 0 Å². The average Bonchev–Trinajstić information content (AvgIpc) is 2.78. The molecule has 0 spiro atoms. The normalized spacial score (nSPS) is 10.3. The van der Waals surface area contributed by atoms with E-state index in [-0.39, 0.29) is 5.91 Å². The summed E-state index contributed by atoms with van der Waals surface area (Å²) < 4.78 is 16.4. The van der Waals surface area contributed by atoms with Crippen LogP contribution >= 0.6 is 0 Å². The van der Waals surface area contributed by atoms with Crippen LogP contribution in [0.5, 0.6) is 17.2 Å². The van der Waals surface area contributed by atoms with Gasteiger partial charge in [0.15, 0.2) is 0 Å². The molecule has 0 aliphatic heterocycles. The van der Waals surface area contributed by atoms with Gasteiger partial charge in [-0.05, 0) is 60.0 Å². The molecule has 0 saturated heterocycles. The second kappa shape index (κ2) is 10.2. The van der Waals surface area contributed by atoms with Crippen molar-refractivity contribution in [3.05, 3.63) is 89.5 Å². The molecule has 3 rings (SSSR count). The van der Waals surface area contributed by atoms with Crippen LogP contribution in [0.3, 0.4) is 0 Å². The molecule has 0 aliphatic carbocycles. The molecule has 3 aromatic rings. The molecule has 0 aliphatic rings. The van der Waals surface area contributed by atoms with Crippen LogP contribution in [0, 0.1) is 0 Å². The molecule has 0 saturated carbocycles. The summed E-state index contributed by atoms with van der Waals surface area (Å²) >= 11 is 0. The minimum absolute atomic E-state index is 0.109. The Labute approximate surface area is 171 Å². The number of hydrogen-bond acceptors (Lipinski definition) is 4. The molecule has 0 fully saturated rings. The topological polar surface area (TPSA) is 56.8 Å². The zero-order valence-electron chi connectivity index (χ0n) is 16.7. The standard InChI is InChI=1S/C24H25NO4/c1-27-22-12-13-23(28-2)20(16-22)14-15-25-24(26)19-10-8-18(9-11-19)17-29-21-6-4-3-5-7-21/h3-13,16H,14-15,17H2,1-2H3,(H,25,26). The molecule has 5 heteroatoms. The van der Waals surface area contributed by atoms with E-state index in [1.807, 2.05) is 72.8 Å². The van der Waals surface area contributed by atoms with E-state index >= 15 is 0 Å². The van der Waals surface area contributed by atoms with Gasteiger partial charge >= 0.3 is 0 Å². The zero-order chi connectivity index (χ0) is 20.5. The predicted molar refractivity (Wildman–Crippen MR) is 113 cm³/mol. The number of amides is 1. The van der Waals surface area contributed by atoms with Gasteiger partial charge in [-0.15, -0.1) is 0 Å². The Bertz CT molecular complexity index is 923. The number of nitrogens with one attached hydrogen (secondary N) is 1. The molecular formula is C24H25NO4. The van der Waals surface area contributed by atoms with Crippen molar-refractivity contribution < 1.29 is 19.0 Å². The molecule has 0 aromatic heterocycles. The SMILES string of the molecule is COc1ccc(OC)c(CCNC(=O)c2ccc(COc3ccccc3)cc2)c1. The summed E-state index contributed by atoms with van der Waals surface area (Å²) in [5.41, 5.74) is 2.61. The maximum Gasteiger partial charge on any atom is 0.251 e. The Morgan fingerprint density at radius 2 is 1.62 bits per heavy atom. The van der Waals surface area contributed by atoms with Crippen LogP contribution in [-0.4, -0.2) is 26.7 Å². The maximum absolute atomic E-state index is 12.4. The summed E-state index contributed by atoms with van der Waals surface area (Å²) in [7, 11) is 3.26. The fourth-order valence-corrected chi connectivity index (χ4v) is 2.93. The lowest BCUT2D eigenvalue weighted by molar-refractivity contribution is 0.0954. The quantitative estimate of drug-likeness (QED) is 0.592. The Balaban J connectivity index is 1.51. The molecule has 1 amide bonds. The molecule has 0 radical (unpaired) electrons. The van der Waals surface area contributed by atoms with E-state index in [0.29, 0.717) is 25.1 Å². The van der Waals surface area contributed by atoms with Crippen molar-refractivity contribution in [2.45, 2.75) is 13.0 Å². The highest BCUT2D eigenvalue weighted by molar-refractivity contribution is 5.94. The van der Waals surface area contributed by atoms with Crippen LogP contribution in [0.2, 0.25) is 0 Å². The summed E-state index contributed by atoms with van der Waals surface area (Å²) in [5.74, 6) is 2.26. The van der Waals surface area contributed by atoms with E-state index < -0.39 is 0 Å². The van der Waals surface area contributed by atoms with Crippen molar-refractivity contribution >= 4 is 5.91 Å². The predicted octanol–water partition coefficient (Wildman–Crippen LogP) is 4.26. The number of carbonyl (C=O) groups is 1. The lowest BCUT2D eigenvalue weighted by Crippen LogP contribution is -2.25. The lowest BCUT2D eigenvalue weighted by atomic mass is 10.1. The van der Waals surface area contributed by atoms with Crippen LogP contribution in [0.4, 0.5) is 0 Å². The summed E-state index contributed by atoms with van der Waals surface area (Å²) in [4.78, 5) is 12.4. The Morgan fingerprint density at radius 1 is 0.862 bits per heavy atom. The van der Waals surface area contributed by atoms with Gasteiger partial charge < -0.3 is 19.5 Å². The number of methoxy groups -OCH3 is 2. The first-order chi connectivity index (χ1) is 14.2. The average molecular weight is 391 g/mol. The summed E-state index contributed by atoms with van der Waals surface area (Å²) in [6, 6.07) is 22.7. The molecule has 1 N–H and O–H groups in total. The van der Waals surface area contributed by atoms with Gasteiger partial charge in [-0.2, -0.15) is 0 Å². The minimum Gasteiger partial charge on any atom is -0.497 e. The number of benzene rings is 3. The molecule has 3 aromatic carbocycles. The molecule has 5 nitrogen and oxygen atoms in total. The molecular weight excluding hydrogens is 366 g/mol. The maximum atomic E-state index is 12.4. The van der Waals surface area contributed by atoms with E-state index in [1.54, 1.807) is 14.2 Å². The summed E-state index contributed by atoms with van der Waals surface area (Å²) in [6.45, 7) is 0.961. The fourth-order valence-electron chi connectivity index (χ4n) is 2.93. The highest BCUT2D eigenvalue weighted by Gasteiger charge is 2.08. The summed E-state index contributed by atoms with van der Waals surface area (Å²) in [6.07, 6.45) is 0.648. The van der Waals surface area contributed by atoms with Gasteiger partial charge in [0, 0.05) is 12.1 Å². The fraction of sp³-hybridized carbons (Fsp3) is 0.208.